The molecule has 2 unspecified atom stereocenters. The van der Waals surface area contributed by atoms with Crippen LogP contribution in [0.4, 0.5) is 0 Å². The Morgan fingerprint density at radius 1 is 1.59 bits per heavy atom. The molecule has 1 aliphatic rings. The van der Waals surface area contributed by atoms with Crippen molar-refractivity contribution in [2.75, 3.05) is 13.1 Å². The van der Waals surface area contributed by atoms with E-state index < -0.39 is 10.0 Å². The van der Waals surface area contributed by atoms with Crippen molar-refractivity contribution >= 4 is 33.0 Å². The van der Waals surface area contributed by atoms with Crippen molar-refractivity contribution < 1.29 is 8.42 Å². The second kappa shape index (κ2) is 4.85. The van der Waals surface area contributed by atoms with Gasteiger partial charge in [0.05, 0.1) is 4.34 Å². The first-order valence-corrected chi connectivity index (χ1v) is 8.06. The van der Waals surface area contributed by atoms with Gasteiger partial charge < -0.3 is 5.73 Å². The molecule has 17 heavy (non-hydrogen) atoms. The smallest absolute Gasteiger partial charge is 0.252 e. The van der Waals surface area contributed by atoms with Crippen LogP contribution in [0.25, 0.3) is 0 Å². The molecule has 2 atom stereocenters. The summed E-state index contributed by atoms with van der Waals surface area (Å²) < 4.78 is 26.8. The van der Waals surface area contributed by atoms with Gasteiger partial charge in [-0.1, -0.05) is 11.6 Å². The highest BCUT2D eigenvalue weighted by Crippen LogP contribution is 2.31. The molecule has 2 rings (SSSR count). The quantitative estimate of drug-likeness (QED) is 0.924. The van der Waals surface area contributed by atoms with Gasteiger partial charge in [0, 0.05) is 19.1 Å². The van der Waals surface area contributed by atoms with Gasteiger partial charge >= 0.3 is 0 Å². The molecule has 1 aromatic heterocycles. The summed E-state index contributed by atoms with van der Waals surface area (Å²) in [5.41, 5.74) is 5.81. The number of nitrogens with zero attached hydrogens (tertiary/aromatic N) is 1. The zero-order chi connectivity index (χ0) is 12.6. The highest BCUT2D eigenvalue weighted by Gasteiger charge is 2.34. The van der Waals surface area contributed by atoms with Crippen molar-refractivity contribution in [1.29, 1.82) is 0 Å². The van der Waals surface area contributed by atoms with E-state index in [9.17, 15) is 8.42 Å². The van der Waals surface area contributed by atoms with Crippen LogP contribution in [0.1, 0.15) is 13.3 Å². The van der Waals surface area contributed by atoms with Gasteiger partial charge in [0.15, 0.2) is 0 Å². The Labute approximate surface area is 110 Å². The van der Waals surface area contributed by atoms with Gasteiger partial charge in [-0.05, 0) is 31.4 Å². The van der Waals surface area contributed by atoms with E-state index >= 15 is 0 Å². The van der Waals surface area contributed by atoms with Crippen LogP contribution in [-0.2, 0) is 10.0 Å². The van der Waals surface area contributed by atoms with Crippen molar-refractivity contribution in [1.82, 2.24) is 4.31 Å². The molecular weight excluding hydrogens is 280 g/mol. The van der Waals surface area contributed by atoms with Crippen LogP contribution < -0.4 is 5.73 Å². The standard InChI is InChI=1S/C10H15ClN2O2S2/c1-7(12)8-4-5-13(6-8)17(14,15)10-3-2-9(11)16-10/h2-3,7-8H,4-6,12H2,1H3. The number of hydrogen-bond donors (Lipinski definition) is 1. The summed E-state index contributed by atoms with van der Waals surface area (Å²) in [4.78, 5) is 0. The maximum Gasteiger partial charge on any atom is 0.252 e. The molecule has 1 aliphatic heterocycles. The third-order valence-electron chi connectivity index (χ3n) is 3.07. The highest BCUT2D eigenvalue weighted by atomic mass is 35.5. The maximum atomic E-state index is 12.3. The van der Waals surface area contributed by atoms with Crippen LogP contribution in [0.3, 0.4) is 0 Å². The molecule has 0 aromatic carbocycles. The zero-order valence-corrected chi connectivity index (χ0v) is 11.9. The average molecular weight is 295 g/mol. The van der Waals surface area contributed by atoms with Crippen LogP contribution in [0, 0.1) is 5.92 Å². The zero-order valence-electron chi connectivity index (χ0n) is 9.47. The SMILES string of the molecule is CC(N)C1CCN(S(=O)(=O)c2ccc(Cl)s2)C1. The van der Waals surface area contributed by atoms with E-state index in [1.165, 1.54) is 4.31 Å². The number of thiophene rings is 1. The summed E-state index contributed by atoms with van der Waals surface area (Å²) in [5, 5.41) is 0. The minimum absolute atomic E-state index is 0.0297. The third kappa shape index (κ3) is 2.66. The molecule has 7 heteroatoms. The fraction of sp³-hybridized carbons (Fsp3) is 0.600. The van der Waals surface area contributed by atoms with Gasteiger partial charge in [-0.3, -0.25) is 0 Å². The Morgan fingerprint density at radius 3 is 2.76 bits per heavy atom. The molecule has 1 saturated heterocycles. The number of sulfonamides is 1. The first kappa shape index (κ1) is 13.3. The van der Waals surface area contributed by atoms with Crippen LogP contribution in [-0.4, -0.2) is 31.9 Å². The number of rotatable bonds is 3. The predicted molar refractivity (Wildman–Crippen MR) is 69.8 cm³/mol. The Kier molecular flexibility index (Phi) is 3.80. The molecule has 0 bridgehead atoms. The summed E-state index contributed by atoms with van der Waals surface area (Å²) in [6.07, 6.45) is 0.829. The van der Waals surface area contributed by atoms with Crippen molar-refractivity contribution in [2.24, 2.45) is 11.7 Å². The average Bonchev–Trinajstić information content (AvgIpc) is 2.85. The predicted octanol–water partition coefficient (Wildman–Crippen LogP) is 1.76. The third-order valence-corrected chi connectivity index (χ3v) is 6.64. The number of halogens is 1. The molecule has 4 nitrogen and oxygen atoms in total. The van der Waals surface area contributed by atoms with Crippen LogP contribution in [0.5, 0.6) is 0 Å². The van der Waals surface area contributed by atoms with Gasteiger partial charge in [-0.25, -0.2) is 8.42 Å². The summed E-state index contributed by atoms with van der Waals surface area (Å²) in [6.45, 7) is 2.97. The molecule has 1 aromatic rings. The summed E-state index contributed by atoms with van der Waals surface area (Å²) >= 11 is 6.86. The van der Waals surface area contributed by atoms with Crippen molar-refractivity contribution in [3.05, 3.63) is 16.5 Å². The minimum atomic E-state index is -3.37. The Hall–Kier alpha value is -0.140. The molecule has 0 spiro atoms. The lowest BCUT2D eigenvalue weighted by atomic mass is 10.0. The molecule has 0 aliphatic carbocycles. The van der Waals surface area contributed by atoms with E-state index in [0.717, 1.165) is 17.8 Å². The topological polar surface area (TPSA) is 63.4 Å². The van der Waals surface area contributed by atoms with Crippen LogP contribution in [0.2, 0.25) is 4.34 Å². The summed E-state index contributed by atoms with van der Waals surface area (Å²) in [7, 11) is -3.37. The Bertz CT molecular complexity index is 498. The van der Waals surface area contributed by atoms with Crippen LogP contribution in [0.15, 0.2) is 16.3 Å². The molecule has 1 fully saturated rings. The summed E-state index contributed by atoms with van der Waals surface area (Å²) in [6, 6.07) is 3.20. The largest absolute Gasteiger partial charge is 0.328 e. The van der Waals surface area contributed by atoms with Gasteiger partial charge in [-0.15, -0.1) is 11.3 Å². The van der Waals surface area contributed by atoms with E-state index in [4.69, 9.17) is 17.3 Å². The van der Waals surface area contributed by atoms with Crippen molar-refractivity contribution in [3.8, 4) is 0 Å². The van der Waals surface area contributed by atoms with E-state index in [2.05, 4.69) is 0 Å². The van der Waals surface area contributed by atoms with Gasteiger partial charge in [0.1, 0.15) is 4.21 Å². The molecule has 0 saturated carbocycles. The number of hydrogen-bond acceptors (Lipinski definition) is 4. The minimum Gasteiger partial charge on any atom is -0.328 e. The van der Waals surface area contributed by atoms with E-state index in [0.29, 0.717) is 21.6 Å². The highest BCUT2D eigenvalue weighted by molar-refractivity contribution is 7.91. The lowest BCUT2D eigenvalue weighted by Gasteiger charge is -2.17. The molecule has 2 heterocycles. The van der Waals surface area contributed by atoms with Gasteiger partial charge in [0.2, 0.25) is 0 Å². The second-order valence-electron chi connectivity index (χ2n) is 4.33. The maximum absolute atomic E-state index is 12.3. The van der Waals surface area contributed by atoms with Crippen molar-refractivity contribution in [3.63, 3.8) is 0 Å². The van der Waals surface area contributed by atoms with Gasteiger partial charge in [0.25, 0.3) is 10.0 Å². The lowest BCUT2D eigenvalue weighted by molar-refractivity contribution is 0.430. The van der Waals surface area contributed by atoms with E-state index in [1.807, 2.05) is 6.92 Å². The molecular formula is C10H15ClN2O2S2. The van der Waals surface area contributed by atoms with E-state index in [1.54, 1.807) is 12.1 Å². The molecule has 0 amide bonds. The summed E-state index contributed by atoms with van der Waals surface area (Å²) in [5.74, 6) is 0.250. The fourth-order valence-corrected chi connectivity index (χ4v) is 5.11. The molecule has 0 radical (unpaired) electrons. The normalized spacial score (nSPS) is 24.1. The van der Waals surface area contributed by atoms with Gasteiger partial charge in [-0.2, -0.15) is 4.31 Å². The van der Waals surface area contributed by atoms with E-state index in [-0.39, 0.29) is 12.0 Å². The fourth-order valence-electron chi connectivity index (χ4n) is 1.96. The van der Waals surface area contributed by atoms with Crippen molar-refractivity contribution in [2.45, 2.75) is 23.6 Å². The monoisotopic (exact) mass is 294 g/mol. The molecule has 2 N–H and O–H groups in total. The molecule has 96 valence electrons. The number of nitrogens with two attached hydrogens (primary N) is 1. The first-order chi connectivity index (χ1) is 7.91. The second-order valence-corrected chi connectivity index (χ2v) is 8.21. The van der Waals surface area contributed by atoms with Crippen LogP contribution >= 0.6 is 22.9 Å². The Morgan fingerprint density at radius 2 is 2.29 bits per heavy atom. The first-order valence-electron chi connectivity index (χ1n) is 5.42. The lowest BCUT2D eigenvalue weighted by Crippen LogP contribution is -2.32. The Balaban J connectivity index is 2.18.